The van der Waals surface area contributed by atoms with Crippen LogP contribution in [0.3, 0.4) is 0 Å². The fraction of sp³-hybridized carbons (Fsp3) is 0.421. The van der Waals surface area contributed by atoms with Gasteiger partial charge in [-0.3, -0.25) is 9.59 Å². The van der Waals surface area contributed by atoms with Gasteiger partial charge in [-0.2, -0.15) is 5.10 Å². The van der Waals surface area contributed by atoms with Crippen LogP contribution >= 0.6 is 11.3 Å². The molecule has 2 amide bonds. The summed E-state index contributed by atoms with van der Waals surface area (Å²) in [6.45, 7) is -0.0307. The van der Waals surface area contributed by atoms with Gasteiger partial charge in [-0.25, -0.2) is 5.43 Å². The van der Waals surface area contributed by atoms with Gasteiger partial charge < -0.3 is 5.32 Å². The molecule has 1 saturated carbocycles. The second kappa shape index (κ2) is 8.76. The van der Waals surface area contributed by atoms with Crippen molar-refractivity contribution in [2.45, 2.75) is 38.5 Å². The van der Waals surface area contributed by atoms with Crippen LogP contribution in [0, 0.1) is 5.92 Å². The van der Waals surface area contributed by atoms with Crippen LogP contribution in [0.5, 0.6) is 0 Å². The Kier molecular flexibility index (Phi) is 6.17. The third-order valence-corrected chi connectivity index (χ3v) is 5.53. The van der Waals surface area contributed by atoms with E-state index in [1.165, 1.54) is 17.5 Å². The third-order valence-electron chi connectivity index (χ3n) is 4.55. The summed E-state index contributed by atoms with van der Waals surface area (Å²) in [6.07, 6.45) is 8.11. The molecule has 1 aromatic carbocycles. The van der Waals surface area contributed by atoms with Gasteiger partial charge in [0.1, 0.15) is 0 Å². The first-order chi connectivity index (χ1) is 12.2. The molecule has 2 aromatic rings. The number of carbonyl (C=O) groups excluding carboxylic acids is 2. The predicted octanol–water partition coefficient (Wildman–Crippen LogP) is 3.44. The maximum absolute atomic E-state index is 12.1. The van der Waals surface area contributed by atoms with Crippen LogP contribution < -0.4 is 10.7 Å². The molecule has 2 N–H and O–H groups in total. The fourth-order valence-electron chi connectivity index (χ4n) is 3.16. The molecule has 0 radical (unpaired) electrons. The van der Waals surface area contributed by atoms with Gasteiger partial charge in [0, 0.05) is 26.9 Å². The van der Waals surface area contributed by atoms with Gasteiger partial charge in [0.15, 0.2) is 0 Å². The Morgan fingerprint density at radius 1 is 1.16 bits per heavy atom. The molecular formula is C19H23N3O2S. The van der Waals surface area contributed by atoms with Gasteiger partial charge in [0.25, 0.3) is 5.91 Å². The van der Waals surface area contributed by atoms with Gasteiger partial charge >= 0.3 is 0 Å². The zero-order valence-corrected chi connectivity index (χ0v) is 15.0. The van der Waals surface area contributed by atoms with Crippen LogP contribution in [-0.2, 0) is 9.59 Å². The molecule has 6 heteroatoms. The number of rotatable bonds is 5. The highest BCUT2D eigenvalue weighted by atomic mass is 32.1. The summed E-state index contributed by atoms with van der Waals surface area (Å²) in [6, 6.07) is 8.06. The van der Waals surface area contributed by atoms with Crippen LogP contribution in [-0.4, -0.2) is 24.6 Å². The average molecular weight is 357 g/mol. The molecular weight excluding hydrogens is 334 g/mol. The van der Waals surface area contributed by atoms with Crippen LogP contribution in [0.4, 0.5) is 0 Å². The van der Waals surface area contributed by atoms with E-state index in [9.17, 15) is 9.59 Å². The van der Waals surface area contributed by atoms with Crippen LogP contribution in [0.2, 0.25) is 0 Å². The maximum atomic E-state index is 12.1. The normalized spacial score (nSPS) is 16.0. The first-order valence-electron chi connectivity index (χ1n) is 8.80. The Morgan fingerprint density at radius 2 is 1.92 bits per heavy atom. The lowest BCUT2D eigenvalue weighted by atomic mass is 9.99. The molecule has 0 spiro atoms. The van der Waals surface area contributed by atoms with E-state index >= 15 is 0 Å². The molecule has 1 fully saturated rings. The molecule has 1 aliphatic rings. The topological polar surface area (TPSA) is 70.6 Å². The first-order valence-corrected chi connectivity index (χ1v) is 9.68. The van der Waals surface area contributed by atoms with Crippen molar-refractivity contribution in [1.29, 1.82) is 0 Å². The summed E-state index contributed by atoms with van der Waals surface area (Å²) < 4.78 is 1.19. The number of thiophene rings is 1. The Hall–Kier alpha value is -2.21. The molecule has 0 saturated heterocycles. The highest BCUT2D eigenvalue weighted by Gasteiger charge is 2.20. The number of hydrogen-bond donors (Lipinski definition) is 2. The lowest BCUT2D eigenvalue weighted by Gasteiger charge is -2.13. The van der Waals surface area contributed by atoms with Crippen LogP contribution in [0.15, 0.2) is 34.7 Å². The molecule has 5 nitrogen and oxygen atoms in total. The molecule has 132 valence electrons. The molecule has 0 bridgehead atoms. The Balaban J connectivity index is 1.45. The van der Waals surface area contributed by atoms with Crippen molar-refractivity contribution in [2.24, 2.45) is 11.0 Å². The summed E-state index contributed by atoms with van der Waals surface area (Å²) in [5.41, 5.74) is 3.45. The number of carbonyl (C=O) groups is 2. The van der Waals surface area contributed by atoms with Crippen molar-refractivity contribution in [2.75, 3.05) is 6.54 Å². The quantitative estimate of drug-likeness (QED) is 0.489. The lowest BCUT2D eigenvalue weighted by Crippen LogP contribution is -2.38. The van der Waals surface area contributed by atoms with Crippen molar-refractivity contribution in [1.82, 2.24) is 10.7 Å². The Bertz CT molecular complexity index is 761. The van der Waals surface area contributed by atoms with E-state index in [0.29, 0.717) is 0 Å². The zero-order chi connectivity index (χ0) is 17.5. The van der Waals surface area contributed by atoms with Gasteiger partial charge in [-0.05, 0) is 18.9 Å². The average Bonchev–Trinajstić information content (AvgIpc) is 2.85. The number of benzene rings is 1. The van der Waals surface area contributed by atoms with E-state index in [1.54, 1.807) is 17.6 Å². The van der Waals surface area contributed by atoms with Gasteiger partial charge in [0.2, 0.25) is 5.91 Å². The molecule has 1 aliphatic carbocycles. The molecule has 1 aromatic heterocycles. The van der Waals surface area contributed by atoms with E-state index in [4.69, 9.17) is 0 Å². The standard InChI is InChI=1S/C19H23N3O2S/c23-18(12-20-19(24)14-7-3-1-2-4-8-14)22-21-11-15-13-25-17-10-6-5-9-16(15)17/h5-6,9-11,13-14H,1-4,7-8,12H2,(H,20,24)(H,22,23)/b21-11+. The summed E-state index contributed by atoms with van der Waals surface area (Å²) in [7, 11) is 0. The van der Waals surface area contributed by atoms with Gasteiger partial charge in [0.05, 0.1) is 12.8 Å². The van der Waals surface area contributed by atoms with E-state index < -0.39 is 0 Å². The van der Waals surface area contributed by atoms with Crippen molar-refractivity contribution >= 4 is 39.5 Å². The molecule has 0 unspecified atom stereocenters. The Labute approximate surface area is 151 Å². The fourth-order valence-corrected chi connectivity index (χ4v) is 4.08. The van der Waals surface area contributed by atoms with E-state index in [0.717, 1.165) is 36.6 Å². The molecule has 25 heavy (non-hydrogen) atoms. The minimum Gasteiger partial charge on any atom is -0.347 e. The number of nitrogens with zero attached hydrogens (tertiary/aromatic N) is 1. The minimum absolute atomic E-state index is 0.00939. The zero-order valence-electron chi connectivity index (χ0n) is 14.2. The SMILES string of the molecule is O=C(CNC(=O)C1CCCCCC1)N/N=C/c1csc2ccccc12. The predicted molar refractivity (Wildman–Crippen MR) is 102 cm³/mol. The van der Waals surface area contributed by atoms with Crippen molar-refractivity contribution < 1.29 is 9.59 Å². The molecule has 1 heterocycles. The van der Waals surface area contributed by atoms with Gasteiger partial charge in [-0.15, -0.1) is 11.3 Å². The lowest BCUT2D eigenvalue weighted by molar-refractivity contribution is -0.128. The minimum atomic E-state index is -0.308. The second-order valence-corrected chi connectivity index (χ2v) is 7.30. The third kappa shape index (κ3) is 4.89. The van der Waals surface area contributed by atoms with Crippen LogP contribution in [0.1, 0.15) is 44.1 Å². The summed E-state index contributed by atoms with van der Waals surface area (Å²) in [5.74, 6) is -0.265. The number of amides is 2. The smallest absolute Gasteiger partial charge is 0.259 e. The number of nitrogens with one attached hydrogen (secondary N) is 2. The highest BCUT2D eigenvalue weighted by Crippen LogP contribution is 2.24. The largest absolute Gasteiger partial charge is 0.347 e. The molecule has 3 rings (SSSR count). The van der Waals surface area contributed by atoms with Gasteiger partial charge in [-0.1, -0.05) is 43.9 Å². The maximum Gasteiger partial charge on any atom is 0.259 e. The Morgan fingerprint density at radius 3 is 2.72 bits per heavy atom. The number of fused-ring (bicyclic) bond motifs is 1. The van der Waals surface area contributed by atoms with E-state index in [-0.39, 0.29) is 24.3 Å². The van der Waals surface area contributed by atoms with Crippen molar-refractivity contribution in [3.8, 4) is 0 Å². The van der Waals surface area contributed by atoms with Crippen molar-refractivity contribution in [3.05, 3.63) is 35.2 Å². The van der Waals surface area contributed by atoms with E-state index in [2.05, 4.69) is 21.9 Å². The summed E-state index contributed by atoms with van der Waals surface area (Å²) >= 11 is 1.64. The summed E-state index contributed by atoms with van der Waals surface area (Å²) in [5, 5.41) is 9.86. The first kappa shape index (κ1) is 17.6. The number of hydrazone groups is 1. The van der Waals surface area contributed by atoms with Crippen LogP contribution in [0.25, 0.3) is 10.1 Å². The monoisotopic (exact) mass is 357 g/mol. The van der Waals surface area contributed by atoms with E-state index in [1.807, 2.05) is 23.6 Å². The highest BCUT2D eigenvalue weighted by molar-refractivity contribution is 7.17. The second-order valence-electron chi connectivity index (χ2n) is 6.39. The number of hydrogen-bond acceptors (Lipinski definition) is 4. The molecule has 0 atom stereocenters. The summed E-state index contributed by atoms with van der Waals surface area (Å²) in [4.78, 5) is 24.0. The van der Waals surface area contributed by atoms with Crippen molar-refractivity contribution in [3.63, 3.8) is 0 Å². The molecule has 0 aliphatic heterocycles.